The first kappa shape index (κ1) is 13.4. The van der Waals surface area contributed by atoms with Crippen molar-refractivity contribution in [3.8, 4) is 0 Å². The van der Waals surface area contributed by atoms with E-state index in [2.05, 4.69) is 24.1 Å². The topological polar surface area (TPSA) is 41.6 Å². The van der Waals surface area contributed by atoms with Gasteiger partial charge in [-0.25, -0.2) is 0 Å². The Kier molecular flexibility index (Phi) is 7.42. The maximum absolute atomic E-state index is 11.4. The van der Waals surface area contributed by atoms with E-state index in [-0.39, 0.29) is 12.0 Å². The Morgan fingerprint density at radius 3 is 2.29 bits per heavy atom. The number of nitrogens with zero attached hydrogens (tertiary/aromatic N) is 1. The Morgan fingerprint density at radius 2 is 1.93 bits per heavy atom. The molecule has 0 heterocycles. The van der Waals surface area contributed by atoms with Gasteiger partial charge in [0.25, 0.3) is 0 Å². The molecule has 0 saturated heterocycles. The van der Waals surface area contributed by atoms with Gasteiger partial charge in [-0.1, -0.05) is 20.8 Å². The number of hydrogen-bond donors (Lipinski definition) is 1. The second-order valence-electron chi connectivity index (χ2n) is 3.12. The monoisotopic (exact) mass is 202 g/mol. The average Bonchev–Trinajstić information content (AvgIpc) is 2.23. The highest BCUT2D eigenvalue weighted by molar-refractivity contribution is 5.75. The van der Waals surface area contributed by atoms with Crippen LogP contribution in [-0.4, -0.2) is 50.2 Å². The van der Waals surface area contributed by atoms with Gasteiger partial charge in [-0.3, -0.25) is 4.79 Å². The Bertz CT molecular complexity index is 158. The number of rotatable bonds is 7. The van der Waals surface area contributed by atoms with E-state index in [1.807, 2.05) is 6.92 Å². The van der Waals surface area contributed by atoms with Crippen molar-refractivity contribution in [2.75, 3.05) is 33.3 Å². The second kappa shape index (κ2) is 7.76. The number of esters is 1. The predicted octanol–water partition coefficient (Wildman–Crippen LogP) is 0.479. The van der Waals surface area contributed by atoms with Crippen LogP contribution in [0.5, 0.6) is 0 Å². The first-order chi connectivity index (χ1) is 6.69. The molecule has 0 saturated carbocycles. The molecule has 0 rings (SSSR count). The van der Waals surface area contributed by atoms with E-state index in [1.54, 1.807) is 0 Å². The summed E-state index contributed by atoms with van der Waals surface area (Å²) in [5.74, 6) is -0.182. The molecule has 84 valence electrons. The molecule has 0 radical (unpaired) electrons. The molecule has 0 aromatic carbocycles. The fourth-order valence-corrected chi connectivity index (χ4v) is 1.35. The van der Waals surface area contributed by atoms with Crippen molar-refractivity contribution >= 4 is 5.97 Å². The first-order valence-corrected chi connectivity index (χ1v) is 5.23. The maximum Gasteiger partial charge on any atom is 0.324 e. The summed E-state index contributed by atoms with van der Waals surface area (Å²) in [5.41, 5.74) is 0. The zero-order valence-corrected chi connectivity index (χ0v) is 9.67. The number of ether oxygens (including phenoxy) is 1. The maximum atomic E-state index is 11.4. The van der Waals surface area contributed by atoms with Crippen LogP contribution in [0.4, 0.5) is 0 Å². The number of nitrogens with one attached hydrogen (secondary N) is 1. The molecule has 0 aliphatic rings. The van der Waals surface area contributed by atoms with Gasteiger partial charge in [0.2, 0.25) is 0 Å². The summed E-state index contributed by atoms with van der Waals surface area (Å²) in [6, 6.07) is -0.204. The molecule has 0 aromatic rings. The van der Waals surface area contributed by atoms with E-state index in [4.69, 9.17) is 4.74 Å². The average molecular weight is 202 g/mol. The van der Waals surface area contributed by atoms with Gasteiger partial charge >= 0.3 is 5.97 Å². The van der Waals surface area contributed by atoms with Crippen molar-refractivity contribution in [3.05, 3.63) is 0 Å². The zero-order chi connectivity index (χ0) is 11.0. The van der Waals surface area contributed by atoms with Crippen molar-refractivity contribution in [2.45, 2.75) is 26.8 Å². The predicted molar refractivity (Wildman–Crippen MR) is 57.3 cm³/mol. The summed E-state index contributed by atoms with van der Waals surface area (Å²) < 4.78 is 4.73. The van der Waals surface area contributed by atoms with Gasteiger partial charge < -0.3 is 15.0 Å². The molecule has 0 aromatic heterocycles. The molecule has 4 nitrogen and oxygen atoms in total. The summed E-state index contributed by atoms with van der Waals surface area (Å²) in [7, 11) is 1.43. The Morgan fingerprint density at radius 1 is 1.36 bits per heavy atom. The molecule has 1 unspecified atom stereocenters. The molecular weight excluding hydrogens is 180 g/mol. The minimum absolute atomic E-state index is 0.182. The largest absolute Gasteiger partial charge is 0.468 e. The molecule has 4 heteroatoms. The molecule has 0 aliphatic heterocycles. The zero-order valence-electron chi connectivity index (χ0n) is 9.67. The lowest BCUT2D eigenvalue weighted by atomic mass is 10.2. The molecule has 0 spiro atoms. The number of likely N-dealkylation sites (N-methyl/N-ethyl adjacent to an activating group) is 2. The summed E-state index contributed by atoms with van der Waals surface area (Å²) in [4.78, 5) is 13.6. The Hall–Kier alpha value is -0.610. The minimum atomic E-state index is -0.204. The number of carbonyl (C=O) groups is 1. The van der Waals surface area contributed by atoms with Crippen molar-refractivity contribution in [1.82, 2.24) is 10.2 Å². The van der Waals surface area contributed by atoms with Crippen molar-refractivity contribution < 1.29 is 9.53 Å². The molecule has 14 heavy (non-hydrogen) atoms. The summed E-state index contributed by atoms with van der Waals surface area (Å²) in [6.07, 6.45) is 0. The standard InChI is InChI=1S/C10H22N2O2/c1-5-11-9(10(13)14-4)8-12(6-2)7-3/h9,11H,5-8H2,1-4H3. The van der Waals surface area contributed by atoms with Crippen LogP contribution in [0.25, 0.3) is 0 Å². The normalized spacial score (nSPS) is 12.9. The van der Waals surface area contributed by atoms with Crippen LogP contribution in [0.2, 0.25) is 0 Å². The lowest BCUT2D eigenvalue weighted by molar-refractivity contribution is -0.143. The van der Waals surface area contributed by atoms with Gasteiger partial charge in [0.05, 0.1) is 7.11 Å². The second-order valence-corrected chi connectivity index (χ2v) is 3.12. The van der Waals surface area contributed by atoms with Gasteiger partial charge in [0.1, 0.15) is 6.04 Å². The number of hydrogen-bond acceptors (Lipinski definition) is 4. The van der Waals surface area contributed by atoms with E-state index in [1.165, 1.54) is 7.11 Å². The molecule has 1 atom stereocenters. The molecular formula is C10H22N2O2. The van der Waals surface area contributed by atoms with Crippen molar-refractivity contribution in [3.63, 3.8) is 0 Å². The van der Waals surface area contributed by atoms with Crippen LogP contribution < -0.4 is 5.32 Å². The summed E-state index contributed by atoms with van der Waals surface area (Å²) >= 11 is 0. The molecule has 0 fully saturated rings. The van der Waals surface area contributed by atoms with Gasteiger partial charge in [-0.2, -0.15) is 0 Å². The van der Waals surface area contributed by atoms with Crippen molar-refractivity contribution in [2.24, 2.45) is 0 Å². The van der Waals surface area contributed by atoms with E-state index in [0.29, 0.717) is 6.54 Å². The van der Waals surface area contributed by atoms with E-state index in [9.17, 15) is 4.79 Å². The SMILES string of the molecule is CCNC(CN(CC)CC)C(=O)OC. The third-order valence-corrected chi connectivity index (χ3v) is 2.27. The summed E-state index contributed by atoms with van der Waals surface area (Å²) in [6.45, 7) is 9.56. The highest BCUT2D eigenvalue weighted by Gasteiger charge is 2.19. The quantitative estimate of drug-likeness (QED) is 0.610. The van der Waals surface area contributed by atoms with Crippen LogP contribution in [0, 0.1) is 0 Å². The van der Waals surface area contributed by atoms with Crippen LogP contribution in [0.3, 0.4) is 0 Å². The van der Waals surface area contributed by atoms with Gasteiger partial charge in [0, 0.05) is 6.54 Å². The van der Waals surface area contributed by atoms with Crippen LogP contribution >= 0.6 is 0 Å². The fraction of sp³-hybridized carbons (Fsp3) is 0.900. The third-order valence-electron chi connectivity index (χ3n) is 2.27. The van der Waals surface area contributed by atoms with E-state index >= 15 is 0 Å². The molecule has 0 amide bonds. The Labute approximate surface area is 86.6 Å². The van der Waals surface area contributed by atoms with Crippen LogP contribution in [-0.2, 0) is 9.53 Å². The van der Waals surface area contributed by atoms with Gasteiger partial charge in [0.15, 0.2) is 0 Å². The lowest BCUT2D eigenvalue weighted by Crippen LogP contribution is -2.46. The lowest BCUT2D eigenvalue weighted by Gasteiger charge is -2.23. The van der Waals surface area contributed by atoms with Gasteiger partial charge in [-0.15, -0.1) is 0 Å². The highest BCUT2D eigenvalue weighted by Crippen LogP contribution is 1.94. The van der Waals surface area contributed by atoms with Crippen LogP contribution in [0.15, 0.2) is 0 Å². The number of methoxy groups -OCH3 is 1. The van der Waals surface area contributed by atoms with Gasteiger partial charge in [-0.05, 0) is 19.6 Å². The first-order valence-electron chi connectivity index (χ1n) is 5.23. The third kappa shape index (κ3) is 4.58. The Balaban J connectivity index is 4.12. The minimum Gasteiger partial charge on any atom is -0.468 e. The molecule has 0 bridgehead atoms. The van der Waals surface area contributed by atoms with Crippen LogP contribution in [0.1, 0.15) is 20.8 Å². The van der Waals surface area contributed by atoms with Crippen molar-refractivity contribution in [1.29, 1.82) is 0 Å². The highest BCUT2D eigenvalue weighted by atomic mass is 16.5. The smallest absolute Gasteiger partial charge is 0.324 e. The molecule has 0 aliphatic carbocycles. The van der Waals surface area contributed by atoms with E-state index < -0.39 is 0 Å². The van der Waals surface area contributed by atoms with E-state index in [0.717, 1.165) is 19.6 Å². The molecule has 1 N–H and O–H groups in total. The fourth-order valence-electron chi connectivity index (χ4n) is 1.35. The number of carbonyl (C=O) groups excluding carboxylic acids is 1. The summed E-state index contributed by atoms with van der Waals surface area (Å²) in [5, 5.41) is 3.12.